The van der Waals surface area contributed by atoms with Crippen LogP contribution in [-0.4, -0.2) is 25.0 Å². The Kier molecular flexibility index (Phi) is 6.93. The fraction of sp³-hybridized carbons (Fsp3) is 0.333. The van der Waals surface area contributed by atoms with E-state index in [1.165, 1.54) is 4.90 Å². The van der Waals surface area contributed by atoms with Gasteiger partial charge in [0.25, 0.3) is 11.8 Å². The van der Waals surface area contributed by atoms with E-state index in [2.05, 4.69) is 13.8 Å². The van der Waals surface area contributed by atoms with Crippen LogP contribution in [0.2, 0.25) is 0 Å². The maximum absolute atomic E-state index is 13.1. The largest absolute Gasteiger partial charge is 0.268 e. The van der Waals surface area contributed by atoms with Crippen molar-refractivity contribution in [2.45, 2.75) is 63.9 Å². The molecular weight excluding hydrogens is 470 g/mol. The first-order valence-electron chi connectivity index (χ1n) is 12.3. The van der Waals surface area contributed by atoms with Gasteiger partial charge in [0.2, 0.25) is 0 Å². The fourth-order valence-electron chi connectivity index (χ4n) is 4.21. The highest BCUT2D eigenvalue weighted by Crippen LogP contribution is 2.30. The van der Waals surface area contributed by atoms with Crippen LogP contribution in [0.25, 0.3) is 0 Å². The number of rotatable bonds is 7. The molecule has 1 aliphatic heterocycles. The summed E-state index contributed by atoms with van der Waals surface area (Å²) in [6.45, 7) is 9.35. The summed E-state index contributed by atoms with van der Waals surface area (Å²) in [6.07, 6.45) is 1.45. The number of hydrogen-bond acceptors (Lipinski definition) is 4. The van der Waals surface area contributed by atoms with Crippen LogP contribution in [0.15, 0.2) is 66.7 Å². The van der Waals surface area contributed by atoms with Crippen molar-refractivity contribution in [2.75, 3.05) is 4.90 Å². The Morgan fingerprint density at radius 1 is 0.722 bits per heavy atom. The average molecular weight is 504 g/mol. The summed E-state index contributed by atoms with van der Waals surface area (Å²) in [6, 6.07) is 20.7. The highest BCUT2D eigenvalue weighted by Gasteiger charge is 2.36. The lowest BCUT2D eigenvalue weighted by Gasteiger charge is -2.19. The Morgan fingerprint density at radius 2 is 1.25 bits per heavy atom. The van der Waals surface area contributed by atoms with Crippen LogP contribution in [-0.2, 0) is 28.4 Å². The molecule has 0 spiro atoms. The summed E-state index contributed by atoms with van der Waals surface area (Å²) < 4.78 is 24.1. The predicted octanol–water partition coefficient (Wildman–Crippen LogP) is 6.11. The highest BCUT2D eigenvalue weighted by molar-refractivity contribution is 7.91. The lowest BCUT2D eigenvalue weighted by atomic mass is 10.00. The van der Waals surface area contributed by atoms with E-state index < -0.39 is 14.6 Å². The molecule has 5 nitrogen and oxygen atoms in total. The average Bonchev–Trinajstić information content (AvgIpc) is 3.07. The van der Waals surface area contributed by atoms with Crippen molar-refractivity contribution < 1.29 is 18.0 Å². The van der Waals surface area contributed by atoms with Crippen LogP contribution in [0, 0.1) is 0 Å². The van der Waals surface area contributed by atoms with E-state index in [1.807, 2.05) is 60.7 Å². The minimum atomic E-state index is -3.23. The standard InChI is InChI=1S/C30H33NO4S/c1-20(2)24-13-15-25(16-14-24)31-28(32)26-17-12-22(18-27(26)29(31)33)9-6-21-7-10-23(11-8-21)19-36(34,35)30(3,4)5/h7-8,10-18,20H,6,9,19H2,1-5H3. The molecule has 1 heterocycles. The number of aryl methyl sites for hydroxylation is 2. The minimum Gasteiger partial charge on any atom is -0.268 e. The molecule has 0 bridgehead atoms. The first-order valence-corrected chi connectivity index (χ1v) is 13.9. The van der Waals surface area contributed by atoms with Crippen LogP contribution in [0.3, 0.4) is 0 Å². The monoisotopic (exact) mass is 503 g/mol. The van der Waals surface area contributed by atoms with E-state index in [0.29, 0.717) is 29.2 Å². The number of carbonyl (C=O) groups is 2. The molecule has 0 aromatic heterocycles. The molecule has 0 fully saturated rings. The Labute approximate surface area is 214 Å². The second kappa shape index (κ2) is 9.66. The maximum Gasteiger partial charge on any atom is 0.266 e. The SMILES string of the molecule is CC(C)c1ccc(N2C(=O)c3ccc(CCc4ccc(CS(=O)(=O)C(C)(C)C)cc4)cc3C2=O)cc1. The topological polar surface area (TPSA) is 71.5 Å². The third kappa shape index (κ3) is 5.14. The Morgan fingerprint density at radius 3 is 1.83 bits per heavy atom. The van der Waals surface area contributed by atoms with Crippen molar-refractivity contribution in [3.05, 3.63) is 100 Å². The van der Waals surface area contributed by atoms with Crippen molar-refractivity contribution >= 4 is 27.3 Å². The summed E-state index contributed by atoms with van der Waals surface area (Å²) in [7, 11) is -3.23. The van der Waals surface area contributed by atoms with Crippen LogP contribution in [0.5, 0.6) is 0 Å². The van der Waals surface area contributed by atoms with Crippen LogP contribution >= 0.6 is 0 Å². The molecular formula is C30H33NO4S. The second-order valence-corrected chi connectivity index (χ2v) is 13.5. The molecule has 0 saturated carbocycles. The van der Waals surface area contributed by atoms with Gasteiger partial charge in [0.1, 0.15) is 0 Å². The third-order valence-electron chi connectivity index (χ3n) is 6.78. The second-order valence-electron chi connectivity index (χ2n) is 10.8. The van der Waals surface area contributed by atoms with Gasteiger partial charge in [0, 0.05) is 0 Å². The van der Waals surface area contributed by atoms with Crippen molar-refractivity contribution in [3.63, 3.8) is 0 Å². The summed E-state index contributed by atoms with van der Waals surface area (Å²) >= 11 is 0. The van der Waals surface area contributed by atoms with Crippen LogP contribution < -0.4 is 4.90 Å². The van der Waals surface area contributed by atoms with Gasteiger partial charge in [-0.15, -0.1) is 0 Å². The van der Waals surface area contributed by atoms with Crippen molar-refractivity contribution in [1.82, 2.24) is 0 Å². The molecule has 6 heteroatoms. The molecule has 0 N–H and O–H groups in total. The zero-order valence-corrected chi connectivity index (χ0v) is 22.4. The van der Waals surface area contributed by atoms with Gasteiger partial charge in [0.05, 0.1) is 27.3 Å². The van der Waals surface area contributed by atoms with Gasteiger partial charge in [-0.3, -0.25) is 9.59 Å². The first-order chi connectivity index (χ1) is 16.9. The summed E-state index contributed by atoms with van der Waals surface area (Å²) in [5.41, 5.74) is 5.45. The van der Waals surface area contributed by atoms with Gasteiger partial charge in [0.15, 0.2) is 9.84 Å². The third-order valence-corrected chi connectivity index (χ3v) is 9.36. The van der Waals surface area contributed by atoms with Crippen molar-refractivity contribution in [1.29, 1.82) is 0 Å². The zero-order valence-electron chi connectivity index (χ0n) is 21.5. The van der Waals surface area contributed by atoms with E-state index in [9.17, 15) is 18.0 Å². The number of hydrogen-bond donors (Lipinski definition) is 0. The number of carbonyl (C=O) groups excluding carboxylic acids is 2. The maximum atomic E-state index is 13.1. The van der Waals surface area contributed by atoms with E-state index in [0.717, 1.165) is 28.7 Å². The van der Waals surface area contributed by atoms with E-state index in [-0.39, 0.29) is 17.6 Å². The molecule has 0 radical (unpaired) electrons. The van der Waals surface area contributed by atoms with Gasteiger partial charge in [-0.25, -0.2) is 13.3 Å². The van der Waals surface area contributed by atoms with Gasteiger partial charge >= 0.3 is 0 Å². The molecule has 0 unspecified atom stereocenters. The Bertz CT molecular complexity index is 1400. The first kappa shape index (κ1) is 25.8. The molecule has 0 aliphatic carbocycles. The normalized spacial score (nSPS) is 14.0. The Balaban J connectivity index is 1.44. The number of amides is 2. The van der Waals surface area contributed by atoms with Crippen molar-refractivity contribution in [2.24, 2.45) is 0 Å². The lowest BCUT2D eigenvalue weighted by Crippen LogP contribution is -2.29. The lowest BCUT2D eigenvalue weighted by molar-refractivity contribution is 0.0926. The number of imide groups is 1. The van der Waals surface area contributed by atoms with E-state index >= 15 is 0 Å². The molecule has 188 valence electrons. The van der Waals surface area contributed by atoms with E-state index in [1.54, 1.807) is 26.8 Å². The fourth-order valence-corrected chi connectivity index (χ4v) is 5.28. The number of fused-ring (bicyclic) bond motifs is 1. The quantitative estimate of drug-likeness (QED) is 0.365. The molecule has 0 saturated heterocycles. The summed E-state index contributed by atoms with van der Waals surface area (Å²) in [5, 5.41) is 0. The van der Waals surface area contributed by atoms with Crippen LogP contribution in [0.4, 0.5) is 5.69 Å². The summed E-state index contributed by atoms with van der Waals surface area (Å²) in [5.74, 6) is -0.191. The molecule has 3 aromatic rings. The van der Waals surface area contributed by atoms with Crippen LogP contribution in [0.1, 0.15) is 83.5 Å². The Hall–Kier alpha value is -3.25. The molecule has 4 rings (SSSR count). The number of benzene rings is 3. The number of nitrogens with zero attached hydrogens (tertiary/aromatic N) is 1. The molecule has 2 amide bonds. The molecule has 1 aliphatic rings. The number of sulfone groups is 1. The molecule has 3 aromatic carbocycles. The molecule has 36 heavy (non-hydrogen) atoms. The minimum absolute atomic E-state index is 0.0223. The molecule has 0 atom stereocenters. The zero-order chi connectivity index (χ0) is 26.3. The van der Waals surface area contributed by atoms with Crippen molar-refractivity contribution in [3.8, 4) is 0 Å². The van der Waals surface area contributed by atoms with Gasteiger partial charge in [-0.05, 0) is 86.1 Å². The highest BCUT2D eigenvalue weighted by atomic mass is 32.2. The van der Waals surface area contributed by atoms with Gasteiger partial charge in [-0.2, -0.15) is 0 Å². The smallest absolute Gasteiger partial charge is 0.266 e. The van der Waals surface area contributed by atoms with Gasteiger partial charge < -0.3 is 0 Å². The summed E-state index contributed by atoms with van der Waals surface area (Å²) in [4.78, 5) is 27.4. The van der Waals surface area contributed by atoms with Gasteiger partial charge in [-0.1, -0.05) is 56.3 Å². The number of anilines is 1. The predicted molar refractivity (Wildman–Crippen MR) is 144 cm³/mol. The van der Waals surface area contributed by atoms with E-state index in [4.69, 9.17) is 0 Å².